The van der Waals surface area contributed by atoms with Crippen LogP contribution in [0.4, 0.5) is 0 Å². The van der Waals surface area contributed by atoms with Gasteiger partial charge in [-0.3, -0.25) is 4.79 Å². The molecule has 0 spiro atoms. The third-order valence-corrected chi connectivity index (χ3v) is 2.17. The van der Waals surface area contributed by atoms with E-state index in [2.05, 4.69) is 10.2 Å². The van der Waals surface area contributed by atoms with Gasteiger partial charge in [0.1, 0.15) is 6.33 Å². The molecule has 1 aromatic heterocycles. The summed E-state index contributed by atoms with van der Waals surface area (Å²) in [4.78, 5) is 10.4. The molecule has 0 radical (unpaired) electrons. The molecule has 0 aromatic carbocycles. The molecular formula is C7H9N3O. The van der Waals surface area contributed by atoms with Gasteiger partial charge in [0.25, 0.3) is 0 Å². The van der Waals surface area contributed by atoms with E-state index in [1.165, 1.54) is 6.42 Å². The van der Waals surface area contributed by atoms with Crippen LogP contribution in [0.5, 0.6) is 0 Å². The van der Waals surface area contributed by atoms with Gasteiger partial charge in [0, 0.05) is 6.04 Å². The molecule has 0 saturated heterocycles. The van der Waals surface area contributed by atoms with Crippen LogP contribution in [0, 0.1) is 0 Å². The molecule has 11 heavy (non-hydrogen) atoms. The summed E-state index contributed by atoms with van der Waals surface area (Å²) in [5, 5.41) is 7.36. The van der Waals surface area contributed by atoms with Crippen molar-refractivity contribution in [2.45, 2.75) is 25.3 Å². The third-order valence-electron chi connectivity index (χ3n) is 2.17. The Morgan fingerprint density at radius 2 is 2.45 bits per heavy atom. The first-order chi connectivity index (χ1) is 5.42. The third kappa shape index (κ3) is 0.943. The molecule has 1 aliphatic rings. The maximum atomic E-state index is 10.4. The van der Waals surface area contributed by atoms with E-state index < -0.39 is 0 Å². The summed E-state index contributed by atoms with van der Waals surface area (Å²) in [7, 11) is 0. The minimum absolute atomic E-state index is 0.453. The van der Waals surface area contributed by atoms with Crippen molar-refractivity contribution < 1.29 is 4.79 Å². The van der Waals surface area contributed by atoms with Crippen molar-refractivity contribution in [1.82, 2.24) is 14.8 Å². The van der Waals surface area contributed by atoms with Gasteiger partial charge in [-0.15, -0.1) is 10.2 Å². The Labute approximate surface area is 64.2 Å². The molecule has 0 amide bonds. The zero-order valence-corrected chi connectivity index (χ0v) is 6.10. The summed E-state index contributed by atoms with van der Waals surface area (Å²) in [6.07, 6.45) is 5.94. The van der Waals surface area contributed by atoms with Crippen LogP contribution >= 0.6 is 0 Å². The van der Waals surface area contributed by atoms with Crippen LogP contribution in [0.2, 0.25) is 0 Å². The van der Waals surface area contributed by atoms with Gasteiger partial charge in [0.2, 0.25) is 0 Å². The second-order valence-electron chi connectivity index (χ2n) is 2.80. The van der Waals surface area contributed by atoms with Crippen molar-refractivity contribution in [1.29, 1.82) is 0 Å². The Hall–Kier alpha value is -1.19. The van der Waals surface area contributed by atoms with E-state index in [0.717, 1.165) is 19.1 Å². The van der Waals surface area contributed by atoms with Crippen molar-refractivity contribution in [3.63, 3.8) is 0 Å². The zero-order chi connectivity index (χ0) is 7.68. The molecule has 1 aromatic rings. The van der Waals surface area contributed by atoms with E-state index >= 15 is 0 Å². The first kappa shape index (κ1) is 6.52. The van der Waals surface area contributed by atoms with Crippen molar-refractivity contribution in [3.8, 4) is 0 Å². The maximum absolute atomic E-state index is 10.4. The topological polar surface area (TPSA) is 47.8 Å². The molecule has 58 valence electrons. The summed E-state index contributed by atoms with van der Waals surface area (Å²) in [6, 6.07) is 0.477. The Bertz CT molecular complexity index is 264. The highest BCUT2D eigenvalue weighted by atomic mass is 16.1. The summed E-state index contributed by atoms with van der Waals surface area (Å²) < 4.78 is 1.86. The highest BCUT2D eigenvalue weighted by Gasteiger charge is 2.21. The van der Waals surface area contributed by atoms with Crippen LogP contribution in [0.25, 0.3) is 0 Å². The fourth-order valence-corrected chi connectivity index (χ4v) is 1.28. The number of nitrogens with zero attached hydrogens (tertiary/aromatic N) is 3. The molecule has 0 unspecified atom stereocenters. The molecule has 0 aliphatic heterocycles. The lowest BCUT2D eigenvalue weighted by Crippen LogP contribution is -2.18. The van der Waals surface area contributed by atoms with Crippen LogP contribution in [-0.4, -0.2) is 21.1 Å². The van der Waals surface area contributed by atoms with Crippen molar-refractivity contribution in [2.75, 3.05) is 0 Å². The summed E-state index contributed by atoms with van der Waals surface area (Å²) in [5.41, 5.74) is 0. The minimum Gasteiger partial charge on any atom is -0.308 e. The van der Waals surface area contributed by atoms with Gasteiger partial charge in [0.15, 0.2) is 12.1 Å². The number of hydrogen-bond donors (Lipinski definition) is 0. The second kappa shape index (κ2) is 2.45. The van der Waals surface area contributed by atoms with Gasteiger partial charge >= 0.3 is 0 Å². The predicted octanol–water partition coefficient (Wildman–Crippen LogP) is 0.816. The molecule has 1 fully saturated rings. The molecule has 1 aliphatic carbocycles. The quantitative estimate of drug-likeness (QED) is 0.588. The molecular weight excluding hydrogens is 142 g/mol. The molecule has 1 heterocycles. The molecule has 0 N–H and O–H groups in total. The van der Waals surface area contributed by atoms with E-state index in [0.29, 0.717) is 11.9 Å². The number of rotatable bonds is 2. The lowest BCUT2D eigenvalue weighted by atomic mass is 9.93. The number of carbonyl (C=O) groups is 1. The summed E-state index contributed by atoms with van der Waals surface area (Å²) in [6.45, 7) is 0. The van der Waals surface area contributed by atoms with Gasteiger partial charge < -0.3 is 4.57 Å². The fourth-order valence-electron chi connectivity index (χ4n) is 1.28. The lowest BCUT2D eigenvalue weighted by molar-refractivity contribution is 0.110. The first-order valence-corrected chi connectivity index (χ1v) is 3.76. The SMILES string of the molecule is O=Cc1nncn1C1CCC1. The number of aromatic nitrogens is 3. The van der Waals surface area contributed by atoms with E-state index in [1.807, 2.05) is 4.57 Å². The van der Waals surface area contributed by atoms with Crippen LogP contribution < -0.4 is 0 Å². The molecule has 4 heteroatoms. The molecule has 1 saturated carbocycles. The number of hydrogen-bond acceptors (Lipinski definition) is 3. The molecule has 4 nitrogen and oxygen atoms in total. The molecule has 2 rings (SSSR count). The van der Waals surface area contributed by atoms with Crippen molar-refractivity contribution in [3.05, 3.63) is 12.2 Å². The van der Waals surface area contributed by atoms with Gasteiger partial charge in [-0.05, 0) is 19.3 Å². The van der Waals surface area contributed by atoms with Gasteiger partial charge in [-0.25, -0.2) is 0 Å². The highest BCUT2D eigenvalue weighted by molar-refractivity contribution is 5.68. The Kier molecular flexibility index (Phi) is 1.45. The van der Waals surface area contributed by atoms with Crippen molar-refractivity contribution in [2.24, 2.45) is 0 Å². The van der Waals surface area contributed by atoms with Crippen LogP contribution in [0.15, 0.2) is 6.33 Å². The van der Waals surface area contributed by atoms with E-state index in [9.17, 15) is 4.79 Å². The number of aldehydes is 1. The summed E-state index contributed by atoms with van der Waals surface area (Å²) in [5.74, 6) is 0.453. The lowest BCUT2D eigenvalue weighted by Gasteiger charge is -2.26. The van der Waals surface area contributed by atoms with Gasteiger partial charge in [0.05, 0.1) is 0 Å². The second-order valence-corrected chi connectivity index (χ2v) is 2.80. The van der Waals surface area contributed by atoms with E-state index in [4.69, 9.17) is 0 Å². The zero-order valence-electron chi connectivity index (χ0n) is 6.10. The normalized spacial score (nSPS) is 17.8. The smallest absolute Gasteiger partial charge is 0.196 e. The fraction of sp³-hybridized carbons (Fsp3) is 0.571. The Morgan fingerprint density at radius 1 is 1.64 bits per heavy atom. The predicted molar refractivity (Wildman–Crippen MR) is 38.3 cm³/mol. The number of carbonyl (C=O) groups excluding carboxylic acids is 1. The van der Waals surface area contributed by atoms with Crippen molar-refractivity contribution >= 4 is 6.29 Å². The highest BCUT2D eigenvalue weighted by Crippen LogP contribution is 2.31. The standard InChI is InChI=1S/C7H9N3O/c11-4-7-9-8-5-10(7)6-2-1-3-6/h4-6H,1-3H2. The van der Waals surface area contributed by atoms with Crippen LogP contribution in [0.3, 0.4) is 0 Å². The molecule has 0 bridgehead atoms. The van der Waals surface area contributed by atoms with E-state index in [-0.39, 0.29) is 0 Å². The monoisotopic (exact) mass is 151 g/mol. The average molecular weight is 151 g/mol. The maximum Gasteiger partial charge on any atom is 0.196 e. The first-order valence-electron chi connectivity index (χ1n) is 3.76. The van der Waals surface area contributed by atoms with Crippen LogP contribution in [-0.2, 0) is 0 Å². The van der Waals surface area contributed by atoms with Crippen LogP contribution in [0.1, 0.15) is 35.9 Å². The Balaban J connectivity index is 2.27. The summed E-state index contributed by atoms with van der Waals surface area (Å²) >= 11 is 0. The molecule has 0 atom stereocenters. The van der Waals surface area contributed by atoms with E-state index in [1.54, 1.807) is 6.33 Å². The van der Waals surface area contributed by atoms with Gasteiger partial charge in [-0.2, -0.15) is 0 Å². The Morgan fingerprint density at radius 3 is 3.00 bits per heavy atom. The average Bonchev–Trinajstić information content (AvgIpc) is 2.32. The minimum atomic E-state index is 0.453. The largest absolute Gasteiger partial charge is 0.308 e. The van der Waals surface area contributed by atoms with Gasteiger partial charge in [-0.1, -0.05) is 0 Å².